The van der Waals surface area contributed by atoms with Crippen molar-refractivity contribution in [2.75, 3.05) is 12.4 Å². The number of rotatable bonds is 6. The summed E-state index contributed by atoms with van der Waals surface area (Å²) in [7, 11) is -2.04. The number of pyridine rings is 1. The second-order valence-electron chi connectivity index (χ2n) is 6.83. The fourth-order valence-corrected chi connectivity index (χ4v) is 4.88. The quantitative estimate of drug-likeness (QED) is 0.409. The zero-order valence-electron chi connectivity index (χ0n) is 16.9. The van der Waals surface area contributed by atoms with Crippen LogP contribution in [0, 0.1) is 11.3 Å². The van der Waals surface area contributed by atoms with Gasteiger partial charge in [0.25, 0.3) is 10.0 Å². The lowest BCUT2D eigenvalue weighted by atomic mass is 10.1. The van der Waals surface area contributed by atoms with Crippen LogP contribution in [0.3, 0.4) is 0 Å². The Morgan fingerprint density at radius 1 is 1.19 bits per heavy atom. The highest BCUT2D eigenvalue weighted by Crippen LogP contribution is 2.30. The largest absolute Gasteiger partial charge is 0.354 e. The van der Waals surface area contributed by atoms with Gasteiger partial charge in [0, 0.05) is 41.2 Å². The van der Waals surface area contributed by atoms with Gasteiger partial charge in [0.2, 0.25) is 0 Å². The number of nitrogens with zero attached hydrogens (tertiary/aromatic N) is 3. The lowest BCUT2D eigenvalue weighted by molar-refractivity contribution is 0.588. The molecular weight excluding hydrogens is 469 g/mol. The van der Waals surface area contributed by atoms with Gasteiger partial charge in [0.05, 0.1) is 16.8 Å². The minimum Gasteiger partial charge on any atom is -0.354 e. The van der Waals surface area contributed by atoms with Crippen LogP contribution in [-0.4, -0.2) is 24.4 Å². The van der Waals surface area contributed by atoms with Crippen LogP contribution in [-0.2, 0) is 16.6 Å². The molecule has 0 amide bonds. The summed E-state index contributed by atoms with van der Waals surface area (Å²) in [6, 6.07) is 15.6. The third kappa shape index (κ3) is 4.42. The predicted octanol–water partition coefficient (Wildman–Crippen LogP) is 4.68. The number of nitriles is 1. The summed E-state index contributed by atoms with van der Waals surface area (Å²) in [6.07, 6.45) is 4.48. The van der Waals surface area contributed by atoms with Crippen molar-refractivity contribution < 1.29 is 8.42 Å². The zero-order chi connectivity index (χ0) is 22.0. The molecule has 0 aliphatic carbocycles. The standard InChI is InChI=1S/C22H18ClN5O2S.ClH/c1-25-12-16-14-28(31(29,30)19-3-2-8-26-13-19)22-10-18(5-6-20(16)22)27-21-7-4-17(23)9-15(21)11-24;/h2-10,13-14,25,27H,12H2,1H3;1H. The van der Waals surface area contributed by atoms with Crippen LogP contribution in [0.2, 0.25) is 5.02 Å². The van der Waals surface area contributed by atoms with E-state index in [9.17, 15) is 13.7 Å². The van der Waals surface area contributed by atoms with Crippen LogP contribution in [0.25, 0.3) is 10.9 Å². The third-order valence-corrected chi connectivity index (χ3v) is 6.69. The molecular formula is C22H19Cl2N5O2S. The molecule has 0 aliphatic rings. The smallest absolute Gasteiger partial charge is 0.269 e. The molecule has 2 aromatic heterocycles. The molecule has 10 heteroatoms. The Bertz CT molecular complexity index is 1410. The lowest BCUT2D eigenvalue weighted by Gasteiger charge is -2.11. The normalized spacial score (nSPS) is 11.0. The zero-order valence-corrected chi connectivity index (χ0v) is 19.3. The Balaban J connectivity index is 0.00000289. The van der Waals surface area contributed by atoms with Gasteiger partial charge in [-0.25, -0.2) is 12.4 Å². The maximum atomic E-state index is 13.3. The topological polar surface area (TPSA) is 99.8 Å². The second-order valence-corrected chi connectivity index (χ2v) is 9.08. The first kappa shape index (κ1) is 23.6. The van der Waals surface area contributed by atoms with Gasteiger partial charge in [0.1, 0.15) is 11.0 Å². The van der Waals surface area contributed by atoms with E-state index in [2.05, 4.69) is 21.7 Å². The van der Waals surface area contributed by atoms with Crippen LogP contribution in [0.15, 0.2) is 72.0 Å². The summed E-state index contributed by atoms with van der Waals surface area (Å²) in [5.74, 6) is 0. The SMILES string of the molecule is CNCc1cn(S(=O)(=O)c2cccnc2)c2cc(Nc3ccc(Cl)cc3C#N)ccc12.Cl. The number of halogens is 2. The van der Waals surface area contributed by atoms with E-state index >= 15 is 0 Å². The van der Waals surface area contributed by atoms with Crippen LogP contribution < -0.4 is 10.6 Å². The Labute approximate surface area is 197 Å². The Hall–Kier alpha value is -3.09. The number of hydrogen-bond acceptors (Lipinski definition) is 6. The molecule has 7 nitrogen and oxygen atoms in total. The molecule has 4 rings (SSSR count). The van der Waals surface area contributed by atoms with E-state index in [0.29, 0.717) is 34.0 Å². The Morgan fingerprint density at radius 2 is 2.00 bits per heavy atom. The lowest BCUT2D eigenvalue weighted by Crippen LogP contribution is -2.12. The van der Waals surface area contributed by atoms with E-state index in [1.54, 1.807) is 43.6 Å². The van der Waals surface area contributed by atoms with Crippen LogP contribution in [0.4, 0.5) is 11.4 Å². The molecule has 0 saturated carbocycles. The maximum Gasteiger partial charge on any atom is 0.269 e. The molecule has 0 unspecified atom stereocenters. The van der Waals surface area contributed by atoms with Crippen LogP contribution >= 0.6 is 24.0 Å². The minimum absolute atomic E-state index is 0. The number of hydrogen-bond donors (Lipinski definition) is 2. The molecule has 4 aromatic rings. The van der Waals surface area contributed by atoms with Crippen molar-refractivity contribution >= 4 is 56.3 Å². The molecule has 0 atom stereocenters. The molecule has 2 heterocycles. The van der Waals surface area contributed by atoms with Crippen molar-refractivity contribution in [3.8, 4) is 6.07 Å². The number of fused-ring (bicyclic) bond motifs is 1. The van der Waals surface area contributed by atoms with E-state index in [-0.39, 0.29) is 17.3 Å². The van der Waals surface area contributed by atoms with Crippen molar-refractivity contribution in [2.24, 2.45) is 0 Å². The highest BCUT2D eigenvalue weighted by molar-refractivity contribution is 7.90. The number of nitrogens with one attached hydrogen (secondary N) is 2. The summed E-state index contributed by atoms with van der Waals surface area (Å²) >= 11 is 5.98. The van der Waals surface area contributed by atoms with E-state index < -0.39 is 10.0 Å². The number of aromatic nitrogens is 2. The summed E-state index contributed by atoms with van der Waals surface area (Å²) in [6.45, 7) is 0.509. The molecule has 164 valence electrons. The summed E-state index contributed by atoms with van der Waals surface area (Å²) in [4.78, 5) is 4.04. The third-order valence-electron chi connectivity index (χ3n) is 4.79. The van der Waals surface area contributed by atoms with Crippen molar-refractivity contribution in [1.29, 1.82) is 5.26 Å². The van der Waals surface area contributed by atoms with Gasteiger partial charge in [-0.05, 0) is 55.1 Å². The number of benzene rings is 2. The fourth-order valence-electron chi connectivity index (χ4n) is 3.36. The first-order valence-corrected chi connectivity index (χ1v) is 11.2. The van der Waals surface area contributed by atoms with E-state index in [1.165, 1.54) is 22.4 Å². The van der Waals surface area contributed by atoms with Crippen molar-refractivity contribution in [2.45, 2.75) is 11.4 Å². The van der Waals surface area contributed by atoms with Gasteiger partial charge in [-0.1, -0.05) is 17.7 Å². The minimum atomic E-state index is -3.84. The Kier molecular flexibility index (Phi) is 7.06. The van der Waals surface area contributed by atoms with Gasteiger partial charge >= 0.3 is 0 Å². The highest BCUT2D eigenvalue weighted by Gasteiger charge is 2.21. The van der Waals surface area contributed by atoms with Gasteiger partial charge in [-0.2, -0.15) is 5.26 Å². The van der Waals surface area contributed by atoms with Gasteiger partial charge in [-0.3, -0.25) is 4.98 Å². The predicted molar refractivity (Wildman–Crippen MR) is 128 cm³/mol. The molecule has 0 spiro atoms. The van der Waals surface area contributed by atoms with Crippen molar-refractivity contribution in [1.82, 2.24) is 14.3 Å². The van der Waals surface area contributed by atoms with Gasteiger partial charge in [-0.15, -0.1) is 12.4 Å². The highest BCUT2D eigenvalue weighted by atomic mass is 35.5. The second kappa shape index (κ2) is 9.59. The van der Waals surface area contributed by atoms with Gasteiger partial charge in [0.15, 0.2) is 0 Å². The molecule has 0 bridgehead atoms. The van der Waals surface area contributed by atoms with E-state index in [4.69, 9.17) is 11.6 Å². The molecule has 2 N–H and O–H groups in total. The maximum absolute atomic E-state index is 13.3. The van der Waals surface area contributed by atoms with Crippen LogP contribution in [0.1, 0.15) is 11.1 Å². The summed E-state index contributed by atoms with van der Waals surface area (Å²) < 4.78 is 27.9. The summed E-state index contributed by atoms with van der Waals surface area (Å²) in [5, 5.41) is 16.9. The molecule has 0 aliphatic heterocycles. The Morgan fingerprint density at radius 3 is 2.69 bits per heavy atom. The fraction of sp³-hybridized carbons (Fsp3) is 0.0909. The van der Waals surface area contributed by atoms with Crippen LogP contribution in [0.5, 0.6) is 0 Å². The average Bonchev–Trinajstić information content (AvgIpc) is 3.14. The van der Waals surface area contributed by atoms with Crippen molar-refractivity contribution in [3.05, 3.63) is 83.3 Å². The van der Waals surface area contributed by atoms with Crippen molar-refractivity contribution in [3.63, 3.8) is 0 Å². The monoisotopic (exact) mass is 487 g/mol. The number of anilines is 2. The molecule has 0 saturated heterocycles. The van der Waals surface area contributed by atoms with E-state index in [1.807, 2.05) is 12.1 Å². The summed E-state index contributed by atoms with van der Waals surface area (Å²) in [5.41, 5.74) is 2.98. The molecule has 0 radical (unpaired) electrons. The molecule has 0 fully saturated rings. The van der Waals surface area contributed by atoms with Gasteiger partial charge < -0.3 is 10.6 Å². The average molecular weight is 488 g/mol. The first-order chi connectivity index (χ1) is 14.9. The molecule has 32 heavy (non-hydrogen) atoms. The first-order valence-electron chi connectivity index (χ1n) is 9.35. The molecule has 2 aromatic carbocycles. The van der Waals surface area contributed by atoms with E-state index in [0.717, 1.165) is 10.9 Å².